The van der Waals surface area contributed by atoms with Crippen molar-refractivity contribution in [3.05, 3.63) is 17.7 Å². The van der Waals surface area contributed by atoms with E-state index < -0.39 is 0 Å². The zero-order chi connectivity index (χ0) is 15.1. The third-order valence-corrected chi connectivity index (χ3v) is 2.65. The van der Waals surface area contributed by atoms with Crippen LogP contribution in [0, 0.1) is 0 Å². The van der Waals surface area contributed by atoms with Crippen molar-refractivity contribution in [2.24, 2.45) is 0 Å². The van der Waals surface area contributed by atoms with E-state index >= 15 is 0 Å². The van der Waals surface area contributed by atoms with Gasteiger partial charge in [-0.1, -0.05) is 13.8 Å². The second kappa shape index (κ2) is 7.79. The van der Waals surface area contributed by atoms with Gasteiger partial charge in [0.2, 0.25) is 0 Å². The Morgan fingerprint density at radius 2 is 2.05 bits per heavy atom. The SMILES string of the molecule is CNc1cnc(C(C)C)nc1C(=O)NCCOC(C)C. The molecule has 0 fully saturated rings. The van der Waals surface area contributed by atoms with Gasteiger partial charge in [-0.2, -0.15) is 0 Å². The van der Waals surface area contributed by atoms with Gasteiger partial charge in [0.25, 0.3) is 5.91 Å². The molecule has 0 atom stereocenters. The van der Waals surface area contributed by atoms with Gasteiger partial charge >= 0.3 is 0 Å². The van der Waals surface area contributed by atoms with Crippen molar-refractivity contribution < 1.29 is 9.53 Å². The fourth-order valence-corrected chi connectivity index (χ4v) is 1.57. The lowest BCUT2D eigenvalue weighted by Gasteiger charge is -2.12. The van der Waals surface area contributed by atoms with Gasteiger partial charge in [-0.05, 0) is 13.8 Å². The maximum atomic E-state index is 12.1. The van der Waals surface area contributed by atoms with Gasteiger partial charge in [0.15, 0.2) is 5.69 Å². The Morgan fingerprint density at radius 3 is 2.60 bits per heavy atom. The summed E-state index contributed by atoms with van der Waals surface area (Å²) in [5, 5.41) is 5.74. The molecule has 1 amide bonds. The molecule has 0 bridgehead atoms. The molecule has 1 rings (SSSR count). The molecule has 0 aliphatic rings. The van der Waals surface area contributed by atoms with E-state index in [-0.39, 0.29) is 17.9 Å². The fourth-order valence-electron chi connectivity index (χ4n) is 1.57. The van der Waals surface area contributed by atoms with E-state index in [9.17, 15) is 4.79 Å². The van der Waals surface area contributed by atoms with Gasteiger partial charge in [-0.15, -0.1) is 0 Å². The highest BCUT2D eigenvalue weighted by molar-refractivity contribution is 5.97. The Morgan fingerprint density at radius 1 is 1.35 bits per heavy atom. The van der Waals surface area contributed by atoms with E-state index in [4.69, 9.17) is 4.74 Å². The van der Waals surface area contributed by atoms with E-state index in [1.807, 2.05) is 27.7 Å². The molecule has 0 aliphatic carbocycles. The highest BCUT2D eigenvalue weighted by Crippen LogP contribution is 2.15. The van der Waals surface area contributed by atoms with E-state index in [1.54, 1.807) is 13.2 Å². The number of aromatic nitrogens is 2. The number of ether oxygens (including phenoxy) is 1. The minimum absolute atomic E-state index is 0.159. The van der Waals surface area contributed by atoms with Crippen molar-refractivity contribution in [3.63, 3.8) is 0 Å². The van der Waals surface area contributed by atoms with Crippen LogP contribution in [0.1, 0.15) is 49.9 Å². The summed E-state index contributed by atoms with van der Waals surface area (Å²) in [6.45, 7) is 8.85. The van der Waals surface area contributed by atoms with Gasteiger partial charge < -0.3 is 15.4 Å². The van der Waals surface area contributed by atoms with Gasteiger partial charge in [-0.3, -0.25) is 4.79 Å². The lowest BCUT2D eigenvalue weighted by molar-refractivity contribution is 0.0745. The summed E-state index contributed by atoms with van der Waals surface area (Å²) in [7, 11) is 1.74. The smallest absolute Gasteiger partial charge is 0.272 e. The number of carbonyl (C=O) groups excluding carboxylic acids is 1. The molecular weight excluding hydrogens is 256 g/mol. The predicted molar refractivity (Wildman–Crippen MR) is 79.1 cm³/mol. The van der Waals surface area contributed by atoms with Crippen molar-refractivity contribution in [1.29, 1.82) is 0 Å². The number of anilines is 1. The molecule has 0 saturated carbocycles. The number of nitrogens with zero attached hydrogens (tertiary/aromatic N) is 2. The lowest BCUT2D eigenvalue weighted by atomic mass is 10.2. The molecule has 0 aromatic carbocycles. The molecule has 0 radical (unpaired) electrons. The predicted octanol–water partition coefficient (Wildman–Crippen LogP) is 1.80. The topological polar surface area (TPSA) is 76.1 Å². The Bertz CT molecular complexity index is 447. The van der Waals surface area contributed by atoms with Crippen molar-refractivity contribution in [2.75, 3.05) is 25.5 Å². The molecule has 1 aromatic heterocycles. The summed E-state index contributed by atoms with van der Waals surface area (Å²) in [6, 6.07) is 0. The highest BCUT2D eigenvalue weighted by Gasteiger charge is 2.15. The maximum absolute atomic E-state index is 12.1. The van der Waals surface area contributed by atoms with Crippen molar-refractivity contribution >= 4 is 11.6 Å². The number of nitrogens with one attached hydrogen (secondary N) is 2. The molecule has 0 aliphatic heterocycles. The van der Waals surface area contributed by atoms with E-state index in [1.165, 1.54) is 0 Å². The third kappa shape index (κ3) is 4.77. The normalized spacial score (nSPS) is 10.9. The summed E-state index contributed by atoms with van der Waals surface area (Å²) in [4.78, 5) is 20.7. The lowest BCUT2D eigenvalue weighted by Crippen LogP contribution is -2.29. The third-order valence-electron chi connectivity index (χ3n) is 2.65. The molecule has 1 heterocycles. The van der Waals surface area contributed by atoms with Crippen LogP contribution in [0.4, 0.5) is 5.69 Å². The van der Waals surface area contributed by atoms with E-state index in [0.717, 1.165) is 0 Å². The zero-order valence-corrected chi connectivity index (χ0v) is 12.9. The largest absolute Gasteiger partial charge is 0.385 e. The number of hydrogen-bond donors (Lipinski definition) is 2. The Balaban J connectivity index is 2.72. The van der Waals surface area contributed by atoms with Crippen LogP contribution in [-0.4, -0.2) is 42.2 Å². The van der Waals surface area contributed by atoms with E-state index in [2.05, 4.69) is 20.6 Å². The quantitative estimate of drug-likeness (QED) is 0.745. The summed E-state index contributed by atoms with van der Waals surface area (Å²) in [6.07, 6.45) is 1.80. The van der Waals surface area contributed by atoms with Crippen LogP contribution in [-0.2, 0) is 4.74 Å². The van der Waals surface area contributed by atoms with Crippen LogP contribution in [0.5, 0.6) is 0 Å². The number of hydrogen-bond acceptors (Lipinski definition) is 5. The average molecular weight is 280 g/mol. The van der Waals surface area contributed by atoms with Crippen LogP contribution in [0.25, 0.3) is 0 Å². The number of rotatable bonds is 7. The van der Waals surface area contributed by atoms with Crippen molar-refractivity contribution in [1.82, 2.24) is 15.3 Å². The molecule has 1 aromatic rings. The Labute approximate surface area is 120 Å². The van der Waals surface area contributed by atoms with Gasteiger partial charge in [0.05, 0.1) is 24.6 Å². The molecule has 2 N–H and O–H groups in total. The number of amides is 1. The monoisotopic (exact) mass is 280 g/mol. The fraction of sp³-hybridized carbons (Fsp3) is 0.643. The second-order valence-corrected chi connectivity index (χ2v) is 5.07. The summed E-state index contributed by atoms with van der Waals surface area (Å²) in [5.74, 6) is 0.621. The van der Waals surface area contributed by atoms with Crippen LogP contribution in [0.3, 0.4) is 0 Å². The molecule has 112 valence electrons. The van der Waals surface area contributed by atoms with Gasteiger partial charge in [0, 0.05) is 19.5 Å². The Hall–Kier alpha value is -1.69. The number of carbonyl (C=O) groups is 1. The first-order valence-corrected chi connectivity index (χ1v) is 6.90. The van der Waals surface area contributed by atoms with Crippen LogP contribution in [0.15, 0.2) is 6.20 Å². The minimum atomic E-state index is -0.217. The molecule has 0 unspecified atom stereocenters. The van der Waals surface area contributed by atoms with Crippen LogP contribution < -0.4 is 10.6 Å². The summed E-state index contributed by atoms with van der Waals surface area (Å²) >= 11 is 0. The van der Waals surface area contributed by atoms with Crippen LogP contribution >= 0.6 is 0 Å². The molecule has 20 heavy (non-hydrogen) atoms. The molecule has 6 heteroatoms. The standard InChI is InChI=1S/C14H24N4O2/c1-9(2)13-17-8-11(15-5)12(18-13)14(19)16-6-7-20-10(3)4/h8-10,15H,6-7H2,1-5H3,(H,16,19). The summed E-state index contributed by atoms with van der Waals surface area (Å²) in [5.41, 5.74) is 0.993. The first-order valence-electron chi connectivity index (χ1n) is 6.90. The van der Waals surface area contributed by atoms with Gasteiger partial charge in [0.1, 0.15) is 5.82 Å². The Kier molecular flexibility index (Phi) is 6.38. The van der Waals surface area contributed by atoms with Crippen molar-refractivity contribution in [3.8, 4) is 0 Å². The maximum Gasteiger partial charge on any atom is 0.272 e. The van der Waals surface area contributed by atoms with Gasteiger partial charge in [-0.25, -0.2) is 9.97 Å². The first kappa shape index (κ1) is 16.4. The van der Waals surface area contributed by atoms with Crippen LogP contribution in [0.2, 0.25) is 0 Å². The summed E-state index contributed by atoms with van der Waals surface area (Å²) < 4.78 is 5.38. The van der Waals surface area contributed by atoms with E-state index in [0.29, 0.717) is 30.4 Å². The highest BCUT2D eigenvalue weighted by atomic mass is 16.5. The van der Waals surface area contributed by atoms with Crippen molar-refractivity contribution in [2.45, 2.75) is 39.7 Å². The second-order valence-electron chi connectivity index (χ2n) is 5.07. The zero-order valence-electron chi connectivity index (χ0n) is 12.9. The minimum Gasteiger partial charge on any atom is -0.385 e. The average Bonchev–Trinajstić information content (AvgIpc) is 2.42. The molecule has 6 nitrogen and oxygen atoms in total. The molecule has 0 spiro atoms. The first-order chi connectivity index (χ1) is 9.45. The molecular formula is C14H24N4O2. The molecule has 0 saturated heterocycles.